The van der Waals surface area contributed by atoms with Crippen molar-refractivity contribution < 1.29 is 14.0 Å². The van der Waals surface area contributed by atoms with Crippen molar-refractivity contribution >= 4 is 22.8 Å². The largest absolute Gasteiger partial charge is 0.460 e. The molecule has 2 fully saturated rings. The smallest absolute Gasteiger partial charge is 0.274 e. The van der Waals surface area contributed by atoms with Gasteiger partial charge in [0.15, 0.2) is 5.69 Å². The topological polar surface area (TPSA) is 74.8 Å². The van der Waals surface area contributed by atoms with E-state index in [-0.39, 0.29) is 24.4 Å². The second-order valence-electron chi connectivity index (χ2n) is 8.87. The first-order chi connectivity index (χ1) is 15.5. The van der Waals surface area contributed by atoms with Gasteiger partial charge in [-0.25, -0.2) is 0 Å². The maximum Gasteiger partial charge on any atom is 0.274 e. The molecule has 8 heteroatoms. The number of fused-ring (bicyclic) bond motifs is 1. The van der Waals surface area contributed by atoms with Gasteiger partial charge in [0.2, 0.25) is 5.91 Å². The molecule has 5 rings (SSSR count). The molecule has 4 heterocycles. The van der Waals surface area contributed by atoms with Crippen molar-refractivity contribution in [3.8, 4) is 0 Å². The Balaban J connectivity index is 1.14. The predicted octanol–water partition coefficient (Wildman–Crippen LogP) is 2.42. The van der Waals surface area contributed by atoms with E-state index in [1.807, 2.05) is 37.1 Å². The predicted molar refractivity (Wildman–Crippen MR) is 120 cm³/mol. The van der Waals surface area contributed by atoms with Gasteiger partial charge in [-0.15, -0.1) is 0 Å². The van der Waals surface area contributed by atoms with Crippen LogP contribution in [0, 0.1) is 6.92 Å². The maximum absolute atomic E-state index is 12.9. The Morgan fingerprint density at radius 2 is 1.91 bits per heavy atom. The Hall–Kier alpha value is -3.13. The van der Waals surface area contributed by atoms with Crippen LogP contribution in [-0.4, -0.2) is 75.1 Å². The lowest BCUT2D eigenvalue weighted by Gasteiger charge is -2.42. The van der Waals surface area contributed by atoms with E-state index in [1.54, 1.807) is 15.6 Å². The number of carbonyl (C=O) groups excluding carboxylic acids is 2. The summed E-state index contributed by atoms with van der Waals surface area (Å²) in [5, 5.41) is 5.40. The third-order valence-electron chi connectivity index (χ3n) is 6.73. The monoisotopic (exact) mass is 435 g/mol. The zero-order chi connectivity index (χ0) is 22.2. The van der Waals surface area contributed by atoms with Crippen molar-refractivity contribution in [2.45, 2.75) is 32.4 Å². The molecule has 0 saturated carbocycles. The number of likely N-dealkylation sites (tertiary alicyclic amines) is 1. The first-order valence-corrected chi connectivity index (χ1v) is 11.3. The van der Waals surface area contributed by atoms with Gasteiger partial charge in [0, 0.05) is 50.3 Å². The fraction of sp³-hybridized carbons (Fsp3) is 0.458. The highest BCUT2D eigenvalue weighted by Crippen LogP contribution is 2.24. The number of amides is 2. The van der Waals surface area contributed by atoms with E-state index in [4.69, 9.17) is 4.42 Å². The molecule has 2 aromatic heterocycles. The van der Waals surface area contributed by atoms with Gasteiger partial charge in [-0.2, -0.15) is 5.10 Å². The SMILES string of the molecule is Cc1cc(C(=O)N2CCN(C3CCN(Cc4cc5ccccc5o4)CC3)C(=O)C2)nn1C. The molecule has 0 N–H and O–H groups in total. The minimum atomic E-state index is -0.164. The molecule has 0 aliphatic carbocycles. The summed E-state index contributed by atoms with van der Waals surface area (Å²) in [5.74, 6) is 0.855. The van der Waals surface area contributed by atoms with Gasteiger partial charge >= 0.3 is 0 Å². The molecule has 32 heavy (non-hydrogen) atoms. The van der Waals surface area contributed by atoms with Gasteiger partial charge in [0.25, 0.3) is 5.91 Å². The molecule has 2 saturated heterocycles. The van der Waals surface area contributed by atoms with Gasteiger partial charge in [-0.05, 0) is 38.0 Å². The summed E-state index contributed by atoms with van der Waals surface area (Å²) in [7, 11) is 1.82. The van der Waals surface area contributed by atoms with E-state index in [2.05, 4.69) is 22.1 Å². The number of hydrogen-bond donors (Lipinski definition) is 0. The first-order valence-electron chi connectivity index (χ1n) is 11.3. The molecule has 0 spiro atoms. The lowest BCUT2D eigenvalue weighted by Crippen LogP contribution is -2.57. The molecule has 168 valence electrons. The number of benzene rings is 1. The standard InChI is InChI=1S/C24H29N5O3/c1-17-13-21(25-26(17)2)24(31)28-11-12-29(23(30)16-28)19-7-9-27(10-8-19)15-20-14-18-5-3-4-6-22(18)32-20/h3-6,13-14,19H,7-12,15-16H2,1-2H3. The summed E-state index contributed by atoms with van der Waals surface area (Å²) >= 11 is 0. The number of piperidine rings is 1. The molecule has 2 aliphatic heterocycles. The number of aryl methyl sites for hydroxylation is 2. The number of piperazine rings is 1. The van der Waals surface area contributed by atoms with Crippen LogP contribution in [0.5, 0.6) is 0 Å². The van der Waals surface area contributed by atoms with Crippen LogP contribution < -0.4 is 0 Å². The van der Waals surface area contributed by atoms with E-state index in [0.29, 0.717) is 18.8 Å². The third-order valence-corrected chi connectivity index (χ3v) is 6.73. The number of para-hydroxylation sites is 1. The summed E-state index contributed by atoms with van der Waals surface area (Å²) < 4.78 is 7.65. The van der Waals surface area contributed by atoms with Crippen molar-refractivity contribution in [1.82, 2.24) is 24.5 Å². The number of nitrogens with zero attached hydrogens (tertiary/aromatic N) is 5. The zero-order valence-electron chi connectivity index (χ0n) is 18.7. The number of rotatable bonds is 4. The van der Waals surface area contributed by atoms with E-state index in [9.17, 15) is 9.59 Å². The summed E-state index contributed by atoms with van der Waals surface area (Å²) in [5.41, 5.74) is 2.26. The van der Waals surface area contributed by atoms with Crippen LogP contribution in [0.4, 0.5) is 0 Å². The second kappa shape index (κ2) is 8.43. The molecule has 8 nitrogen and oxygen atoms in total. The molecule has 3 aromatic rings. The summed E-state index contributed by atoms with van der Waals surface area (Å²) in [6, 6.07) is 12.2. The Morgan fingerprint density at radius 1 is 1.12 bits per heavy atom. The summed E-state index contributed by atoms with van der Waals surface area (Å²) in [6.45, 7) is 5.84. The van der Waals surface area contributed by atoms with Gasteiger partial charge in [-0.3, -0.25) is 19.2 Å². The molecular formula is C24H29N5O3. The number of carbonyl (C=O) groups is 2. The number of hydrogen-bond acceptors (Lipinski definition) is 5. The zero-order valence-corrected chi connectivity index (χ0v) is 18.7. The first kappa shape index (κ1) is 20.8. The fourth-order valence-corrected chi connectivity index (χ4v) is 4.80. The molecule has 0 unspecified atom stereocenters. The molecule has 0 radical (unpaired) electrons. The van der Waals surface area contributed by atoms with Gasteiger partial charge in [-0.1, -0.05) is 18.2 Å². The fourth-order valence-electron chi connectivity index (χ4n) is 4.80. The molecular weight excluding hydrogens is 406 g/mol. The lowest BCUT2D eigenvalue weighted by molar-refractivity contribution is -0.138. The Morgan fingerprint density at radius 3 is 2.59 bits per heavy atom. The normalized spacial score (nSPS) is 18.6. The van der Waals surface area contributed by atoms with E-state index < -0.39 is 0 Å². The summed E-state index contributed by atoms with van der Waals surface area (Å²) in [4.78, 5) is 31.6. The highest BCUT2D eigenvalue weighted by atomic mass is 16.3. The molecule has 0 atom stereocenters. The molecule has 2 amide bonds. The van der Waals surface area contributed by atoms with Crippen LogP contribution in [0.1, 0.15) is 34.8 Å². The van der Waals surface area contributed by atoms with Crippen molar-refractivity contribution in [3.63, 3.8) is 0 Å². The van der Waals surface area contributed by atoms with Crippen LogP contribution in [0.2, 0.25) is 0 Å². The summed E-state index contributed by atoms with van der Waals surface area (Å²) in [6.07, 6.45) is 1.89. The molecule has 2 aliphatic rings. The Bertz CT molecular complexity index is 1090. The number of aromatic nitrogens is 2. The molecule has 0 bridgehead atoms. The van der Waals surface area contributed by atoms with Crippen molar-refractivity contribution in [1.29, 1.82) is 0 Å². The average Bonchev–Trinajstić information content (AvgIpc) is 3.36. The quantitative estimate of drug-likeness (QED) is 0.629. The second-order valence-corrected chi connectivity index (χ2v) is 8.87. The van der Waals surface area contributed by atoms with Crippen molar-refractivity contribution in [3.05, 3.63) is 53.5 Å². The Kier molecular flexibility index (Phi) is 5.46. The average molecular weight is 436 g/mol. The third kappa shape index (κ3) is 4.02. The van der Waals surface area contributed by atoms with E-state index in [0.717, 1.165) is 54.9 Å². The van der Waals surface area contributed by atoms with Crippen LogP contribution in [-0.2, 0) is 18.4 Å². The maximum atomic E-state index is 12.9. The van der Waals surface area contributed by atoms with Crippen LogP contribution >= 0.6 is 0 Å². The highest BCUT2D eigenvalue weighted by Gasteiger charge is 2.34. The number of furan rings is 1. The van der Waals surface area contributed by atoms with Crippen molar-refractivity contribution in [2.24, 2.45) is 7.05 Å². The van der Waals surface area contributed by atoms with Crippen LogP contribution in [0.3, 0.4) is 0 Å². The van der Waals surface area contributed by atoms with Gasteiger partial charge in [0.1, 0.15) is 17.9 Å². The minimum Gasteiger partial charge on any atom is -0.460 e. The van der Waals surface area contributed by atoms with Crippen molar-refractivity contribution in [2.75, 3.05) is 32.7 Å². The minimum absolute atomic E-state index is 0.0352. The van der Waals surface area contributed by atoms with E-state index >= 15 is 0 Å². The van der Waals surface area contributed by atoms with Gasteiger partial charge in [0.05, 0.1) is 6.54 Å². The van der Waals surface area contributed by atoms with Crippen LogP contribution in [0.25, 0.3) is 11.0 Å². The Labute approximate surface area is 187 Å². The van der Waals surface area contributed by atoms with Gasteiger partial charge < -0.3 is 14.2 Å². The van der Waals surface area contributed by atoms with Crippen LogP contribution in [0.15, 0.2) is 40.8 Å². The molecule has 1 aromatic carbocycles. The van der Waals surface area contributed by atoms with E-state index in [1.165, 1.54) is 0 Å². The lowest BCUT2D eigenvalue weighted by atomic mass is 10.0. The highest BCUT2D eigenvalue weighted by molar-refractivity contribution is 5.95.